The van der Waals surface area contributed by atoms with Crippen LogP contribution in [0.15, 0.2) is 84.9 Å². The summed E-state index contributed by atoms with van der Waals surface area (Å²) in [5.74, 6) is 0. The van der Waals surface area contributed by atoms with Crippen molar-refractivity contribution in [2.24, 2.45) is 0 Å². The standard InChI is InChI=1S/C22H21NO3/c24-21(15-23-22(25)26-16-17-7-3-1-4-8-17)20-13-11-19(12-14-20)18-9-5-2-6-10-18/h1-14,21,24H,15-16H2,(H,23,25). The Bertz CT molecular complexity index is 817. The molecule has 3 rings (SSSR count). The van der Waals surface area contributed by atoms with E-state index >= 15 is 0 Å². The molecule has 0 aliphatic heterocycles. The van der Waals surface area contributed by atoms with Crippen LogP contribution in [0.2, 0.25) is 0 Å². The summed E-state index contributed by atoms with van der Waals surface area (Å²) >= 11 is 0. The Balaban J connectivity index is 1.48. The summed E-state index contributed by atoms with van der Waals surface area (Å²) in [6.45, 7) is 0.298. The van der Waals surface area contributed by atoms with Gasteiger partial charge in [-0.25, -0.2) is 4.79 Å². The quantitative estimate of drug-likeness (QED) is 0.698. The number of carbonyl (C=O) groups is 1. The number of rotatable bonds is 6. The molecule has 0 radical (unpaired) electrons. The maximum atomic E-state index is 11.7. The van der Waals surface area contributed by atoms with Gasteiger partial charge >= 0.3 is 6.09 Å². The molecule has 0 fully saturated rings. The van der Waals surface area contributed by atoms with E-state index in [1.54, 1.807) is 0 Å². The Morgan fingerprint density at radius 3 is 2.08 bits per heavy atom. The highest BCUT2D eigenvalue weighted by Crippen LogP contribution is 2.21. The molecule has 0 heterocycles. The van der Waals surface area contributed by atoms with Gasteiger partial charge in [-0.1, -0.05) is 84.9 Å². The molecule has 0 aliphatic carbocycles. The van der Waals surface area contributed by atoms with Gasteiger partial charge in [0.15, 0.2) is 0 Å². The molecular weight excluding hydrogens is 326 g/mol. The lowest BCUT2D eigenvalue weighted by Gasteiger charge is -2.13. The molecule has 0 spiro atoms. The predicted molar refractivity (Wildman–Crippen MR) is 101 cm³/mol. The Morgan fingerprint density at radius 2 is 1.42 bits per heavy atom. The summed E-state index contributed by atoms with van der Waals surface area (Å²) in [5, 5.41) is 12.8. The number of amides is 1. The van der Waals surface area contributed by atoms with Crippen molar-refractivity contribution in [1.82, 2.24) is 5.32 Å². The van der Waals surface area contributed by atoms with Crippen LogP contribution in [0.1, 0.15) is 17.2 Å². The highest BCUT2D eigenvalue weighted by molar-refractivity contribution is 5.67. The molecule has 1 amide bonds. The van der Waals surface area contributed by atoms with Gasteiger partial charge in [-0.15, -0.1) is 0 Å². The third kappa shape index (κ3) is 4.94. The SMILES string of the molecule is O=C(NCC(O)c1ccc(-c2ccccc2)cc1)OCc1ccccc1. The first-order chi connectivity index (χ1) is 12.7. The summed E-state index contributed by atoms with van der Waals surface area (Å²) in [6.07, 6.45) is -1.34. The van der Waals surface area contributed by atoms with Crippen molar-refractivity contribution >= 4 is 6.09 Å². The second kappa shape index (κ2) is 8.83. The van der Waals surface area contributed by atoms with Crippen molar-refractivity contribution in [1.29, 1.82) is 0 Å². The highest BCUT2D eigenvalue weighted by atomic mass is 16.5. The normalized spacial score (nSPS) is 11.6. The molecule has 1 atom stereocenters. The molecule has 0 saturated carbocycles. The summed E-state index contributed by atoms with van der Waals surface area (Å²) < 4.78 is 5.13. The van der Waals surface area contributed by atoms with E-state index in [1.165, 1.54) is 0 Å². The first-order valence-corrected chi connectivity index (χ1v) is 8.50. The molecule has 4 heteroatoms. The van der Waals surface area contributed by atoms with Gasteiger partial charge in [0, 0.05) is 0 Å². The zero-order valence-electron chi connectivity index (χ0n) is 14.3. The second-order valence-electron chi connectivity index (χ2n) is 5.95. The van der Waals surface area contributed by atoms with Crippen molar-refractivity contribution in [3.63, 3.8) is 0 Å². The van der Waals surface area contributed by atoms with Crippen molar-refractivity contribution in [2.45, 2.75) is 12.7 Å². The van der Waals surface area contributed by atoms with Gasteiger partial charge in [0.1, 0.15) is 6.61 Å². The van der Waals surface area contributed by atoms with E-state index in [0.29, 0.717) is 0 Å². The molecule has 0 aromatic heterocycles. The number of benzene rings is 3. The first-order valence-electron chi connectivity index (χ1n) is 8.50. The van der Waals surface area contributed by atoms with Gasteiger partial charge in [-0.3, -0.25) is 0 Å². The maximum absolute atomic E-state index is 11.7. The molecule has 3 aromatic rings. The Labute approximate surface area is 153 Å². The van der Waals surface area contributed by atoms with Crippen molar-refractivity contribution < 1.29 is 14.6 Å². The number of alkyl carbamates (subject to hydrolysis) is 1. The smallest absolute Gasteiger partial charge is 0.407 e. The van der Waals surface area contributed by atoms with Crippen LogP contribution < -0.4 is 5.32 Å². The van der Waals surface area contributed by atoms with E-state index in [1.807, 2.05) is 84.9 Å². The van der Waals surface area contributed by atoms with Crippen molar-refractivity contribution in [2.75, 3.05) is 6.54 Å². The molecular formula is C22H21NO3. The minimum absolute atomic E-state index is 0.0955. The summed E-state index contributed by atoms with van der Waals surface area (Å²) in [4.78, 5) is 11.7. The minimum Gasteiger partial charge on any atom is -0.445 e. The van der Waals surface area contributed by atoms with Crippen LogP contribution >= 0.6 is 0 Å². The third-order valence-corrected chi connectivity index (χ3v) is 4.06. The number of hydrogen-bond acceptors (Lipinski definition) is 3. The molecule has 0 aliphatic rings. The van der Waals surface area contributed by atoms with Crippen LogP contribution in [0, 0.1) is 0 Å². The van der Waals surface area contributed by atoms with E-state index in [2.05, 4.69) is 5.32 Å². The van der Waals surface area contributed by atoms with Crippen molar-refractivity contribution in [3.8, 4) is 11.1 Å². The Morgan fingerprint density at radius 1 is 0.846 bits per heavy atom. The molecule has 1 unspecified atom stereocenters. The maximum Gasteiger partial charge on any atom is 0.407 e. The lowest BCUT2D eigenvalue weighted by Crippen LogP contribution is -2.28. The zero-order valence-corrected chi connectivity index (χ0v) is 14.3. The van der Waals surface area contributed by atoms with Crippen LogP contribution in [-0.2, 0) is 11.3 Å². The number of aliphatic hydroxyl groups excluding tert-OH is 1. The topological polar surface area (TPSA) is 58.6 Å². The predicted octanol–water partition coefficient (Wildman–Crippen LogP) is 4.31. The van der Waals surface area contributed by atoms with Gasteiger partial charge < -0.3 is 15.2 Å². The van der Waals surface area contributed by atoms with Gasteiger partial charge in [0.2, 0.25) is 0 Å². The summed E-state index contributed by atoms with van der Waals surface area (Å²) in [6, 6.07) is 27.1. The number of nitrogens with one attached hydrogen (secondary N) is 1. The molecule has 4 nitrogen and oxygen atoms in total. The van der Waals surface area contributed by atoms with Crippen LogP contribution in [0.25, 0.3) is 11.1 Å². The fraction of sp³-hybridized carbons (Fsp3) is 0.136. The van der Waals surface area contributed by atoms with Gasteiger partial charge in [0.05, 0.1) is 12.6 Å². The van der Waals surface area contributed by atoms with E-state index < -0.39 is 12.2 Å². The van der Waals surface area contributed by atoms with Crippen LogP contribution in [-0.4, -0.2) is 17.7 Å². The van der Waals surface area contributed by atoms with Crippen LogP contribution in [0.4, 0.5) is 4.79 Å². The van der Waals surface area contributed by atoms with E-state index in [4.69, 9.17) is 4.74 Å². The summed E-state index contributed by atoms with van der Waals surface area (Å²) in [5.41, 5.74) is 3.86. The van der Waals surface area contributed by atoms with E-state index in [0.717, 1.165) is 22.3 Å². The molecule has 2 N–H and O–H groups in total. The number of ether oxygens (including phenoxy) is 1. The summed E-state index contributed by atoms with van der Waals surface area (Å²) in [7, 11) is 0. The molecule has 0 bridgehead atoms. The van der Waals surface area contributed by atoms with Gasteiger partial charge in [0.25, 0.3) is 0 Å². The molecule has 26 heavy (non-hydrogen) atoms. The third-order valence-electron chi connectivity index (χ3n) is 4.06. The fourth-order valence-corrected chi connectivity index (χ4v) is 2.60. The zero-order chi connectivity index (χ0) is 18.2. The largest absolute Gasteiger partial charge is 0.445 e. The molecule has 3 aromatic carbocycles. The minimum atomic E-state index is -0.788. The van der Waals surface area contributed by atoms with Crippen LogP contribution in [0.3, 0.4) is 0 Å². The second-order valence-corrected chi connectivity index (χ2v) is 5.95. The fourth-order valence-electron chi connectivity index (χ4n) is 2.60. The van der Waals surface area contributed by atoms with Crippen molar-refractivity contribution in [3.05, 3.63) is 96.1 Å². The van der Waals surface area contributed by atoms with Gasteiger partial charge in [-0.2, -0.15) is 0 Å². The van der Waals surface area contributed by atoms with Gasteiger partial charge in [-0.05, 0) is 22.3 Å². The molecule has 0 saturated heterocycles. The van der Waals surface area contributed by atoms with Crippen LogP contribution in [0.5, 0.6) is 0 Å². The van der Waals surface area contributed by atoms with E-state index in [9.17, 15) is 9.90 Å². The monoisotopic (exact) mass is 347 g/mol. The number of aliphatic hydroxyl groups is 1. The number of hydrogen-bond donors (Lipinski definition) is 2. The Hall–Kier alpha value is -3.11. The highest BCUT2D eigenvalue weighted by Gasteiger charge is 2.10. The number of carbonyl (C=O) groups excluding carboxylic acids is 1. The lowest BCUT2D eigenvalue weighted by atomic mass is 10.0. The Kier molecular flexibility index (Phi) is 6.01. The van der Waals surface area contributed by atoms with E-state index in [-0.39, 0.29) is 13.2 Å². The lowest BCUT2D eigenvalue weighted by molar-refractivity contribution is 0.126. The average Bonchev–Trinajstić information content (AvgIpc) is 2.72. The average molecular weight is 347 g/mol. The first kappa shape index (κ1) is 17.7. The molecule has 132 valence electrons.